The molecule has 0 aromatic heterocycles. The van der Waals surface area contributed by atoms with Crippen molar-refractivity contribution in [3.05, 3.63) is 0 Å². The van der Waals surface area contributed by atoms with Gasteiger partial charge in [-0.25, -0.2) is 4.79 Å². The van der Waals surface area contributed by atoms with Gasteiger partial charge < -0.3 is 31.9 Å². The quantitative estimate of drug-likeness (QED) is 0.203. The Bertz CT molecular complexity index is 558. The van der Waals surface area contributed by atoms with E-state index in [1.54, 1.807) is 0 Å². The smallest absolute Gasteiger partial charge is 0.326 e. The number of carboxylic acids is 2. The number of carbonyl (C=O) groups is 5. The molecule has 0 saturated heterocycles. The Kier molecular flexibility index (Phi) is 11.8. The fraction of sp³-hybridized carbons (Fsp3) is 0.667. The van der Waals surface area contributed by atoms with Gasteiger partial charge in [0.2, 0.25) is 17.7 Å². The van der Waals surface area contributed by atoms with Gasteiger partial charge in [-0.1, -0.05) is 0 Å². The van der Waals surface area contributed by atoms with Gasteiger partial charge in [0.1, 0.15) is 18.1 Å². The average Bonchev–Trinajstić information content (AvgIpc) is 2.60. The molecule has 3 amide bonds. The second kappa shape index (κ2) is 12.9. The Morgan fingerprint density at radius 3 is 2.07 bits per heavy atom. The van der Waals surface area contributed by atoms with Crippen molar-refractivity contribution in [2.75, 3.05) is 18.6 Å². The van der Waals surface area contributed by atoms with Gasteiger partial charge in [0.05, 0.1) is 6.54 Å². The number of aliphatic carboxylic acids is 2. The van der Waals surface area contributed by atoms with E-state index in [4.69, 9.17) is 15.9 Å². The van der Waals surface area contributed by atoms with Gasteiger partial charge in [-0.3, -0.25) is 19.2 Å². The summed E-state index contributed by atoms with van der Waals surface area (Å²) in [4.78, 5) is 57.5. The maximum Gasteiger partial charge on any atom is 0.326 e. The van der Waals surface area contributed by atoms with Crippen LogP contribution in [0.2, 0.25) is 0 Å². The van der Waals surface area contributed by atoms with Crippen LogP contribution in [0.25, 0.3) is 0 Å². The first kappa shape index (κ1) is 24.7. The number of hydrogen-bond donors (Lipinski definition) is 6. The Balaban J connectivity index is 4.82. The molecule has 0 aliphatic rings. The summed E-state index contributed by atoms with van der Waals surface area (Å²) in [5, 5.41) is 24.7. The molecule has 27 heavy (non-hydrogen) atoms. The van der Waals surface area contributed by atoms with Gasteiger partial charge >= 0.3 is 11.9 Å². The van der Waals surface area contributed by atoms with Crippen molar-refractivity contribution < 1.29 is 34.2 Å². The van der Waals surface area contributed by atoms with E-state index in [2.05, 4.69) is 16.0 Å². The molecule has 0 spiro atoms. The zero-order valence-electron chi connectivity index (χ0n) is 15.2. The molecule has 0 fully saturated rings. The Labute approximate surface area is 160 Å². The summed E-state index contributed by atoms with van der Waals surface area (Å²) < 4.78 is 0. The fourth-order valence-corrected chi connectivity index (χ4v) is 2.43. The van der Waals surface area contributed by atoms with E-state index in [0.717, 1.165) is 0 Å². The van der Waals surface area contributed by atoms with Gasteiger partial charge in [0.15, 0.2) is 0 Å². The highest BCUT2D eigenvalue weighted by Gasteiger charge is 2.27. The van der Waals surface area contributed by atoms with Gasteiger partial charge in [-0.2, -0.15) is 11.8 Å². The second-order valence-corrected chi connectivity index (χ2v) is 6.65. The molecule has 0 rings (SSSR count). The van der Waals surface area contributed by atoms with Crippen LogP contribution in [0.5, 0.6) is 0 Å². The normalized spacial score (nSPS) is 13.7. The Morgan fingerprint density at radius 1 is 0.963 bits per heavy atom. The summed E-state index contributed by atoms with van der Waals surface area (Å²) in [7, 11) is 0. The molecule has 0 heterocycles. The van der Waals surface area contributed by atoms with E-state index in [1.165, 1.54) is 18.7 Å². The van der Waals surface area contributed by atoms with Crippen LogP contribution in [0.15, 0.2) is 0 Å². The highest BCUT2D eigenvalue weighted by atomic mass is 32.2. The number of hydrogen-bond acceptors (Lipinski definition) is 7. The van der Waals surface area contributed by atoms with E-state index < -0.39 is 54.2 Å². The number of nitrogens with two attached hydrogens (primary N) is 1. The topological polar surface area (TPSA) is 188 Å². The Hall–Kier alpha value is -2.34. The van der Waals surface area contributed by atoms with Crippen LogP contribution in [-0.2, 0) is 24.0 Å². The number of carboxylic acid groups (broad SMARTS) is 2. The lowest BCUT2D eigenvalue weighted by molar-refractivity contribution is -0.143. The molecule has 12 heteroatoms. The fourth-order valence-electron chi connectivity index (χ4n) is 1.96. The first-order valence-corrected chi connectivity index (χ1v) is 9.55. The van der Waals surface area contributed by atoms with Crippen LogP contribution >= 0.6 is 11.8 Å². The van der Waals surface area contributed by atoms with Gasteiger partial charge in [-0.05, 0) is 31.8 Å². The van der Waals surface area contributed by atoms with Crippen molar-refractivity contribution >= 4 is 41.4 Å². The second-order valence-electron chi connectivity index (χ2n) is 5.67. The third kappa shape index (κ3) is 10.4. The van der Waals surface area contributed by atoms with Crippen molar-refractivity contribution in [3.8, 4) is 0 Å². The van der Waals surface area contributed by atoms with Gasteiger partial charge in [0.25, 0.3) is 0 Å². The largest absolute Gasteiger partial charge is 0.481 e. The summed E-state index contributed by atoms with van der Waals surface area (Å²) in [6, 6.07) is -3.36. The van der Waals surface area contributed by atoms with Crippen molar-refractivity contribution in [1.29, 1.82) is 0 Å². The molecule has 0 aliphatic heterocycles. The number of rotatable bonds is 13. The van der Waals surface area contributed by atoms with Crippen LogP contribution in [0, 0.1) is 0 Å². The molecule has 0 aromatic rings. The maximum atomic E-state index is 12.3. The number of amides is 3. The molecular formula is C15H26N4O7S. The minimum atomic E-state index is -1.39. The van der Waals surface area contributed by atoms with E-state index in [9.17, 15) is 24.0 Å². The maximum absolute atomic E-state index is 12.3. The third-order valence-electron chi connectivity index (χ3n) is 3.46. The van der Waals surface area contributed by atoms with Crippen LogP contribution < -0.4 is 21.7 Å². The summed E-state index contributed by atoms with van der Waals surface area (Å²) in [6.45, 7) is 1.06. The molecule has 11 nitrogen and oxygen atoms in total. The van der Waals surface area contributed by atoms with E-state index in [1.807, 2.05) is 6.26 Å². The molecule has 0 aliphatic carbocycles. The molecule has 0 bridgehead atoms. The first-order valence-electron chi connectivity index (χ1n) is 8.16. The Morgan fingerprint density at radius 2 is 1.59 bits per heavy atom. The zero-order valence-corrected chi connectivity index (χ0v) is 16.0. The summed E-state index contributed by atoms with van der Waals surface area (Å²) >= 11 is 1.47. The highest BCUT2D eigenvalue weighted by Crippen LogP contribution is 2.03. The molecule has 0 radical (unpaired) electrons. The summed E-state index contributed by atoms with van der Waals surface area (Å²) in [5.74, 6) is -3.89. The predicted octanol–water partition coefficient (Wildman–Crippen LogP) is -1.88. The summed E-state index contributed by atoms with van der Waals surface area (Å²) in [6.07, 6.45) is 1.43. The minimum absolute atomic E-state index is 0.289. The molecule has 0 saturated carbocycles. The monoisotopic (exact) mass is 406 g/mol. The molecule has 0 aromatic carbocycles. The van der Waals surface area contributed by atoms with Crippen LogP contribution in [0.4, 0.5) is 0 Å². The molecule has 7 N–H and O–H groups in total. The van der Waals surface area contributed by atoms with E-state index in [0.29, 0.717) is 12.2 Å². The number of nitrogens with one attached hydrogen (secondary N) is 3. The lowest BCUT2D eigenvalue weighted by Gasteiger charge is -2.22. The van der Waals surface area contributed by atoms with Crippen molar-refractivity contribution in [3.63, 3.8) is 0 Å². The van der Waals surface area contributed by atoms with Crippen molar-refractivity contribution in [2.24, 2.45) is 5.73 Å². The van der Waals surface area contributed by atoms with Gasteiger partial charge in [-0.15, -0.1) is 0 Å². The molecular weight excluding hydrogens is 380 g/mol. The molecule has 154 valence electrons. The number of carbonyl (C=O) groups excluding carboxylic acids is 3. The summed E-state index contributed by atoms with van der Waals surface area (Å²) in [5.41, 5.74) is 5.22. The van der Waals surface area contributed by atoms with E-state index in [-0.39, 0.29) is 13.0 Å². The predicted molar refractivity (Wildman–Crippen MR) is 98.0 cm³/mol. The van der Waals surface area contributed by atoms with E-state index >= 15 is 0 Å². The highest BCUT2D eigenvalue weighted by molar-refractivity contribution is 7.98. The minimum Gasteiger partial charge on any atom is -0.481 e. The lowest BCUT2D eigenvalue weighted by atomic mass is 10.1. The SMILES string of the molecule is CSCCC(NC(=O)CN)C(=O)NC(C)C(=O)NC(CCC(=O)O)C(=O)O. The van der Waals surface area contributed by atoms with Crippen molar-refractivity contribution in [2.45, 2.75) is 44.3 Å². The molecule has 3 atom stereocenters. The van der Waals surface area contributed by atoms with Gasteiger partial charge in [0, 0.05) is 6.42 Å². The van der Waals surface area contributed by atoms with Crippen molar-refractivity contribution in [1.82, 2.24) is 16.0 Å². The number of thioether (sulfide) groups is 1. The zero-order chi connectivity index (χ0) is 21.0. The van der Waals surface area contributed by atoms with Crippen LogP contribution in [0.1, 0.15) is 26.2 Å². The first-order chi connectivity index (χ1) is 12.6. The average molecular weight is 406 g/mol. The third-order valence-corrected chi connectivity index (χ3v) is 4.11. The van der Waals surface area contributed by atoms with Crippen LogP contribution in [0.3, 0.4) is 0 Å². The molecule has 3 unspecified atom stereocenters. The lowest BCUT2D eigenvalue weighted by Crippen LogP contribution is -2.55. The standard InChI is InChI=1S/C15H26N4O7S/c1-8(13(23)19-10(15(25)26)3-4-12(21)22)17-14(24)9(5-6-27-2)18-11(20)7-16/h8-10H,3-7,16H2,1-2H3,(H,17,24)(H,18,20)(H,19,23)(H,21,22)(H,25,26). The van der Waals surface area contributed by atoms with Crippen LogP contribution in [-0.4, -0.2) is 76.6 Å².